The van der Waals surface area contributed by atoms with Gasteiger partial charge in [0.25, 0.3) is 0 Å². The predicted octanol–water partition coefficient (Wildman–Crippen LogP) is 6.64. The van der Waals surface area contributed by atoms with Gasteiger partial charge in [0.1, 0.15) is 11.2 Å². The summed E-state index contributed by atoms with van der Waals surface area (Å²) in [7, 11) is -1.94. The number of carbonyl (C=O) groups is 2. The van der Waals surface area contributed by atoms with Gasteiger partial charge in [-0.15, -0.1) is 0 Å². The molecule has 0 saturated carbocycles. The normalized spacial score (nSPS) is 17.6. The lowest BCUT2D eigenvalue weighted by molar-refractivity contribution is 0.0222. The quantitative estimate of drug-likeness (QED) is 0.350. The average Bonchev–Trinajstić information content (AvgIpc) is 3.33. The first-order valence-electron chi connectivity index (χ1n) is 12.3. The molecule has 1 saturated heterocycles. The highest BCUT2D eigenvalue weighted by Crippen LogP contribution is 2.44. The fourth-order valence-electron chi connectivity index (χ4n) is 6.08. The lowest BCUT2D eigenvalue weighted by atomic mass is 10.0. The Bertz CT molecular complexity index is 998. The van der Waals surface area contributed by atoms with Gasteiger partial charge in [0.05, 0.1) is 6.04 Å². The van der Waals surface area contributed by atoms with Crippen LogP contribution in [0.25, 0.3) is 11.0 Å². The van der Waals surface area contributed by atoms with Crippen molar-refractivity contribution >= 4 is 31.1 Å². The van der Waals surface area contributed by atoms with Crippen molar-refractivity contribution in [1.82, 2.24) is 14.1 Å². The number of nitrogens with zero attached hydrogens (tertiary/aromatic N) is 3. The molecule has 0 N–H and O–H groups in total. The Balaban J connectivity index is 1.96. The lowest BCUT2D eigenvalue weighted by Gasteiger charge is -2.44. The molecule has 0 aromatic carbocycles. The molecule has 0 spiro atoms. The number of aromatic nitrogens is 2. The van der Waals surface area contributed by atoms with Crippen molar-refractivity contribution in [3.05, 3.63) is 30.1 Å². The maximum atomic E-state index is 13.4. The van der Waals surface area contributed by atoms with E-state index in [9.17, 15) is 9.59 Å². The molecule has 33 heavy (non-hydrogen) atoms. The highest BCUT2D eigenvalue weighted by atomic mass is 28.3. The maximum absolute atomic E-state index is 13.4. The van der Waals surface area contributed by atoms with Gasteiger partial charge in [0.15, 0.2) is 14.0 Å². The molecule has 1 aliphatic heterocycles. The van der Waals surface area contributed by atoms with Crippen molar-refractivity contribution in [2.24, 2.45) is 0 Å². The SMILES string of the molecule is CC(C)[Si](C(C)C)(C(C)C)n1ccc2cc(C(=O)C3CCCN3C(=O)OC(C)(C)C)cnc21. The Kier molecular flexibility index (Phi) is 7.13. The molecule has 1 fully saturated rings. The number of amides is 1. The first-order chi connectivity index (χ1) is 15.3. The van der Waals surface area contributed by atoms with Crippen LogP contribution in [0.5, 0.6) is 0 Å². The van der Waals surface area contributed by atoms with Crippen molar-refractivity contribution in [3.63, 3.8) is 0 Å². The first kappa shape index (κ1) is 25.5. The van der Waals surface area contributed by atoms with Crippen LogP contribution in [0, 0.1) is 0 Å². The van der Waals surface area contributed by atoms with Gasteiger partial charge >= 0.3 is 6.09 Å². The topological polar surface area (TPSA) is 64.4 Å². The molecule has 1 atom stereocenters. The van der Waals surface area contributed by atoms with Crippen LogP contribution in [-0.4, -0.2) is 52.4 Å². The van der Waals surface area contributed by atoms with Crippen molar-refractivity contribution in [1.29, 1.82) is 0 Å². The number of ether oxygens (including phenoxy) is 1. The number of rotatable bonds is 6. The summed E-state index contributed by atoms with van der Waals surface area (Å²) < 4.78 is 7.99. The molecule has 3 rings (SSSR count). The van der Waals surface area contributed by atoms with Crippen LogP contribution in [0.3, 0.4) is 0 Å². The predicted molar refractivity (Wildman–Crippen MR) is 136 cm³/mol. The minimum atomic E-state index is -1.94. The summed E-state index contributed by atoms with van der Waals surface area (Å²) in [4.78, 5) is 32.5. The zero-order chi connectivity index (χ0) is 24.7. The fourth-order valence-corrected chi connectivity index (χ4v) is 12.6. The van der Waals surface area contributed by atoms with Crippen molar-refractivity contribution in [3.8, 4) is 0 Å². The molecule has 182 valence electrons. The molecule has 3 heterocycles. The number of likely N-dealkylation sites (tertiary alicyclic amines) is 1. The third-order valence-corrected chi connectivity index (χ3v) is 13.9. The Morgan fingerprint density at radius 3 is 2.24 bits per heavy atom. The molecular formula is C26H41N3O3Si. The Hall–Kier alpha value is -2.15. The smallest absolute Gasteiger partial charge is 0.410 e. The first-order valence-corrected chi connectivity index (χ1v) is 14.5. The maximum Gasteiger partial charge on any atom is 0.410 e. The molecule has 1 amide bonds. The second-order valence-electron chi connectivity index (χ2n) is 11.4. The van der Waals surface area contributed by atoms with Gasteiger partial charge in [-0.2, -0.15) is 0 Å². The Labute approximate surface area is 199 Å². The molecule has 0 aliphatic carbocycles. The van der Waals surface area contributed by atoms with E-state index in [1.165, 1.54) is 0 Å². The number of hydrogen-bond donors (Lipinski definition) is 0. The van der Waals surface area contributed by atoms with Gasteiger partial charge in [-0.1, -0.05) is 41.5 Å². The van der Waals surface area contributed by atoms with Crippen LogP contribution >= 0.6 is 0 Å². The van der Waals surface area contributed by atoms with E-state index < -0.39 is 26.0 Å². The van der Waals surface area contributed by atoms with Crippen molar-refractivity contribution in [2.45, 2.75) is 103 Å². The molecule has 0 radical (unpaired) electrons. The average molecular weight is 472 g/mol. The summed E-state index contributed by atoms with van der Waals surface area (Å²) in [5.41, 5.74) is 2.60. The van der Waals surface area contributed by atoms with Crippen molar-refractivity contribution < 1.29 is 14.3 Å². The molecule has 7 heteroatoms. The highest BCUT2D eigenvalue weighted by molar-refractivity contribution is 6.82. The van der Waals surface area contributed by atoms with Crippen LogP contribution in [0.4, 0.5) is 4.79 Å². The van der Waals surface area contributed by atoms with E-state index in [0.717, 1.165) is 17.5 Å². The molecular weight excluding hydrogens is 430 g/mol. The van der Waals surface area contributed by atoms with Gasteiger partial charge in [-0.3, -0.25) is 9.69 Å². The Morgan fingerprint density at radius 1 is 1.09 bits per heavy atom. The molecule has 0 bridgehead atoms. The summed E-state index contributed by atoms with van der Waals surface area (Å²) in [5.74, 6) is -0.0550. The van der Waals surface area contributed by atoms with Gasteiger partial charge in [0.2, 0.25) is 0 Å². The number of Topliss-reactive ketones (excluding diaryl/α,β-unsaturated/α-hetero) is 1. The second-order valence-corrected chi connectivity index (χ2v) is 17.1. The molecule has 2 aromatic rings. The minimum Gasteiger partial charge on any atom is -0.444 e. The van der Waals surface area contributed by atoms with Crippen LogP contribution < -0.4 is 0 Å². The van der Waals surface area contributed by atoms with Crippen LogP contribution in [-0.2, 0) is 4.74 Å². The van der Waals surface area contributed by atoms with Crippen molar-refractivity contribution in [2.75, 3.05) is 6.54 Å². The van der Waals surface area contributed by atoms with Crippen LogP contribution in [0.15, 0.2) is 24.5 Å². The number of carbonyl (C=O) groups excluding carboxylic acids is 2. The van der Waals surface area contributed by atoms with Crippen LogP contribution in [0.2, 0.25) is 16.6 Å². The standard InChI is InChI=1S/C26H41N3O3Si/c1-17(2)33(18(3)4,19(5)6)29-14-12-20-15-21(16-27-24(20)29)23(30)22-11-10-13-28(22)25(31)32-26(7,8)9/h12,14-19,22H,10-11,13H2,1-9H3. The molecule has 6 nitrogen and oxygen atoms in total. The molecule has 2 aromatic heterocycles. The summed E-state index contributed by atoms with van der Waals surface area (Å²) in [6.07, 6.45) is 4.92. The van der Waals surface area contributed by atoms with E-state index >= 15 is 0 Å². The summed E-state index contributed by atoms with van der Waals surface area (Å²) >= 11 is 0. The van der Waals surface area contributed by atoms with E-state index in [1.807, 2.05) is 26.8 Å². The molecule has 1 unspecified atom stereocenters. The van der Waals surface area contributed by atoms with Gasteiger partial charge in [-0.25, -0.2) is 9.78 Å². The second kappa shape index (κ2) is 9.24. The number of ketones is 1. The van der Waals surface area contributed by atoms with E-state index in [-0.39, 0.29) is 5.78 Å². The summed E-state index contributed by atoms with van der Waals surface area (Å²) in [5, 5.41) is 0.987. The third kappa shape index (κ3) is 4.61. The van der Waals surface area contributed by atoms with E-state index in [0.29, 0.717) is 35.2 Å². The zero-order valence-electron chi connectivity index (χ0n) is 21.8. The number of hydrogen-bond acceptors (Lipinski definition) is 4. The number of pyridine rings is 1. The largest absolute Gasteiger partial charge is 0.444 e. The lowest BCUT2D eigenvalue weighted by Crippen LogP contribution is -2.51. The summed E-state index contributed by atoms with van der Waals surface area (Å²) in [6.45, 7) is 20.1. The van der Waals surface area contributed by atoms with Gasteiger partial charge in [0, 0.05) is 23.7 Å². The number of fused-ring (bicyclic) bond motifs is 1. The molecule has 1 aliphatic rings. The van der Waals surface area contributed by atoms with Gasteiger partial charge < -0.3 is 8.97 Å². The highest BCUT2D eigenvalue weighted by Gasteiger charge is 2.46. The van der Waals surface area contributed by atoms with E-state index in [2.05, 4.69) is 58.0 Å². The Morgan fingerprint density at radius 2 is 1.70 bits per heavy atom. The van der Waals surface area contributed by atoms with Gasteiger partial charge in [-0.05, 0) is 68.6 Å². The van der Waals surface area contributed by atoms with E-state index in [4.69, 9.17) is 9.72 Å². The summed E-state index contributed by atoms with van der Waals surface area (Å²) in [6, 6.07) is 3.55. The van der Waals surface area contributed by atoms with E-state index in [1.54, 1.807) is 11.1 Å². The monoisotopic (exact) mass is 471 g/mol. The third-order valence-electron chi connectivity index (χ3n) is 7.19. The van der Waals surface area contributed by atoms with Crippen LogP contribution in [0.1, 0.15) is 85.5 Å². The zero-order valence-corrected chi connectivity index (χ0v) is 22.8. The fraction of sp³-hybridized carbons (Fsp3) is 0.654. The minimum absolute atomic E-state index is 0.0550.